The second-order valence-corrected chi connectivity index (χ2v) is 4.96. The first-order valence-corrected chi connectivity index (χ1v) is 6.70. The molecule has 0 aliphatic heterocycles. The van der Waals surface area contributed by atoms with Crippen molar-refractivity contribution in [2.24, 2.45) is 0 Å². The highest BCUT2D eigenvalue weighted by Crippen LogP contribution is 2.20. The second kappa shape index (κ2) is 5.44. The molecule has 3 rings (SSSR count). The van der Waals surface area contributed by atoms with Crippen LogP contribution in [0.5, 0.6) is 5.75 Å². The highest BCUT2D eigenvalue weighted by atomic mass is 19.1. The minimum absolute atomic E-state index is 0.0710. The summed E-state index contributed by atoms with van der Waals surface area (Å²) in [5, 5.41) is 12.8. The Balaban J connectivity index is 1.96. The molecule has 110 valence electrons. The maximum absolute atomic E-state index is 13.2. The van der Waals surface area contributed by atoms with Crippen molar-refractivity contribution in [3.05, 3.63) is 65.6 Å². The summed E-state index contributed by atoms with van der Waals surface area (Å²) < 4.78 is 13.2. The van der Waals surface area contributed by atoms with Crippen molar-refractivity contribution in [1.29, 1.82) is 0 Å². The lowest BCUT2D eigenvalue weighted by Crippen LogP contribution is -2.14. The minimum atomic E-state index is -0.364. The summed E-state index contributed by atoms with van der Waals surface area (Å²) in [6.45, 7) is 1.70. The van der Waals surface area contributed by atoms with Gasteiger partial charge in [0.25, 0.3) is 5.91 Å². The van der Waals surface area contributed by atoms with Crippen LogP contribution in [-0.2, 0) is 0 Å². The summed E-state index contributed by atoms with van der Waals surface area (Å²) in [5.41, 5.74) is 1.91. The lowest BCUT2D eigenvalue weighted by Gasteiger charge is -2.09. The Morgan fingerprint density at radius 1 is 1.18 bits per heavy atom. The predicted molar refractivity (Wildman–Crippen MR) is 82.5 cm³/mol. The van der Waals surface area contributed by atoms with E-state index in [0.29, 0.717) is 27.8 Å². The zero-order valence-corrected chi connectivity index (χ0v) is 11.8. The fourth-order valence-corrected chi connectivity index (χ4v) is 2.25. The van der Waals surface area contributed by atoms with Crippen molar-refractivity contribution >= 4 is 22.5 Å². The molecule has 0 bridgehead atoms. The lowest BCUT2D eigenvalue weighted by molar-refractivity contribution is 0.102. The van der Waals surface area contributed by atoms with Gasteiger partial charge in [-0.1, -0.05) is 6.07 Å². The van der Waals surface area contributed by atoms with E-state index in [9.17, 15) is 14.3 Å². The number of carbonyl (C=O) groups is 1. The number of rotatable bonds is 2. The number of fused-ring (bicyclic) bond motifs is 1. The summed E-state index contributed by atoms with van der Waals surface area (Å²) in [5.74, 6) is -0.625. The van der Waals surface area contributed by atoms with Crippen LogP contribution in [0.15, 0.2) is 48.5 Å². The SMILES string of the molecule is Cc1nc2cc(F)ccc2cc1C(=O)Nc1cccc(O)c1. The first-order chi connectivity index (χ1) is 10.5. The number of phenols is 1. The maximum atomic E-state index is 13.2. The molecule has 0 fully saturated rings. The van der Waals surface area contributed by atoms with E-state index in [1.54, 1.807) is 31.2 Å². The van der Waals surface area contributed by atoms with E-state index >= 15 is 0 Å². The Bertz CT molecular complexity index is 878. The number of nitrogens with zero attached hydrogens (tertiary/aromatic N) is 1. The molecule has 2 N–H and O–H groups in total. The molecule has 2 aromatic carbocycles. The normalized spacial score (nSPS) is 10.6. The number of amides is 1. The van der Waals surface area contributed by atoms with Gasteiger partial charge >= 0.3 is 0 Å². The van der Waals surface area contributed by atoms with Gasteiger partial charge in [-0.25, -0.2) is 4.39 Å². The monoisotopic (exact) mass is 296 g/mol. The third-order valence-corrected chi connectivity index (χ3v) is 3.32. The van der Waals surface area contributed by atoms with E-state index in [-0.39, 0.29) is 17.5 Å². The molecule has 0 saturated carbocycles. The average molecular weight is 296 g/mol. The highest BCUT2D eigenvalue weighted by Gasteiger charge is 2.12. The van der Waals surface area contributed by atoms with Crippen LogP contribution in [-0.4, -0.2) is 16.0 Å². The Morgan fingerprint density at radius 3 is 2.77 bits per heavy atom. The minimum Gasteiger partial charge on any atom is -0.508 e. The quantitative estimate of drug-likeness (QED) is 0.759. The van der Waals surface area contributed by atoms with Crippen LogP contribution in [0.1, 0.15) is 16.1 Å². The van der Waals surface area contributed by atoms with Crippen molar-refractivity contribution in [3.63, 3.8) is 0 Å². The van der Waals surface area contributed by atoms with Gasteiger partial charge in [0.1, 0.15) is 11.6 Å². The van der Waals surface area contributed by atoms with Crippen molar-refractivity contribution < 1.29 is 14.3 Å². The Labute approximate surface area is 126 Å². The van der Waals surface area contributed by atoms with Gasteiger partial charge in [-0.05, 0) is 37.3 Å². The van der Waals surface area contributed by atoms with Crippen LogP contribution in [0.25, 0.3) is 10.9 Å². The number of halogens is 1. The van der Waals surface area contributed by atoms with E-state index in [2.05, 4.69) is 10.3 Å². The molecule has 5 heteroatoms. The van der Waals surface area contributed by atoms with Gasteiger partial charge in [0.15, 0.2) is 0 Å². The number of aromatic hydroxyl groups is 1. The van der Waals surface area contributed by atoms with Crippen LogP contribution in [0.2, 0.25) is 0 Å². The zero-order valence-electron chi connectivity index (χ0n) is 11.8. The second-order valence-electron chi connectivity index (χ2n) is 4.96. The number of aryl methyl sites for hydroxylation is 1. The molecule has 1 heterocycles. The molecule has 4 nitrogen and oxygen atoms in total. The van der Waals surface area contributed by atoms with Gasteiger partial charge in [-0.15, -0.1) is 0 Å². The van der Waals surface area contributed by atoms with E-state index in [4.69, 9.17) is 0 Å². The molecule has 0 spiro atoms. The van der Waals surface area contributed by atoms with Crippen LogP contribution in [0.4, 0.5) is 10.1 Å². The van der Waals surface area contributed by atoms with Gasteiger partial charge in [-0.3, -0.25) is 9.78 Å². The highest BCUT2D eigenvalue weighted by molar-refractivity contribution is 6.06. The summed E-state index contributed by atoms with van der Waals surface area (Å²) in [7, 11) is 0. The number of hydrogen-bond acceptors (Lipinski definition) is 3. The standard InChI is InChI=1S/C17H13FN2O2/c1-10-15(7-11-5-6-12(18)8-16(11)19-10)17(22)20-13-3-2-4-14(21)9-13/h2-9,21H,1H3,(H,20,22). The molecule has 0 aliphatic rings. The summed E-state index contributed by atoms with van der Waals surface area (Å²) >= 11 is 0. The first kappa shape index (κ1) is 14.0. The summed E-state index contributed by atoms with van der Waals surface area (Å²) in [6, 6.07) is 12.2. The van der Waals surface area contributed by atoms with Crippen molar-refractivity contribution in [3.8, 4) is 5.75 Å². The fourth-order valence-electron chi connectivity index (χ4n) is 2.25. The molecular weight excluding hydrogens is 283 g/mol. The molecule has 22 heavy (non-hydrogen) atoms. The van der Waals surface area contributed by atoms with E-state index in [1.807, 2.05) is 0 Å². The topological polar surface area (TPSA) is 62.2 Å². The number of phenolic OH excluding ortho intramolecular Hbond substituents is 1. The maximum Gasteiger partial charge on any atom is 0.257 e. The Kier molecular flexibility index (Phi) is 3.47. The van der Waals surface area contributed by atoms with Gasteiger partial charge in [0.05, 0.1) is 16.8 Å². The molecule has 0 unspecified atom stereocenters. The molecule has 0 atom stereocenters. The lowest BCUT2D eigenvalue weighted by atomic mass is 10.1. The molecule has 1 amide bonds. The van der Waals surface area contributed by atoms with Crippen LogP contribution in [0, 0.1) is 12.7 Å². The van der Waals surface area contributed by atoms with Crippen molar-refractivity contribution in [2.45, 2.75) is 6.92 Å². The third kappa shape index (κ3) is 2.74. The van der Waals surface area contributed by atoms with E-state index in [0.717, 1.165) is 0 Å². The van der Waals surface area contributed by atoms with Crippen molar-refractivity contribution in [1.82, 2.24) is 4.98 Å². The molecule has 1 aromatic heterocycles. The van der Waals surface area contributed by atoms with Crippen molar-refractivity contribution in [2.75, 3.05) is 5.32 Å². The van der Waals surface area contributed by atoms with E-state index in [1.165, 1.54) is 24.3 Å². The van der Waals surface area contributed by atoms with Gasteiger partial charge < -0.3 is 10.4 Å². The number of pyridine rings is 1. The fraction of sp³-hybridized carbons (Fsp3) is 0.0588. The largest absolute Gasteiger partial charge is 0.508 e. The van der Waals surface area contributed by atoms with E-state index < -0.39 is 0 Å². The van der Waals surface area contributed by atoms with Gasteiger partial charge in [0, 0.05) is 23.2 Å². The van der Waals surface area contributed by atoms with Gasteiger partial charge in [0.2, 0.25) is 0 Å². The third-order valence-electron chi connectivity index (χ3n) is 3.32. The summed E-state index contributed by atoms with van der Waals surface area (Å²) in [6.07, 6.45) is 0. The number of carbonyl (C=O) groups excluding carboxylic acids is 1. The van der Waals surface area contributed by atoms with Crippen LogP contribution in [0.3, 0.4) is 0 Å². The number of hydrogen-bond donors (Lipinski definition) is 2. The molecule has 0 saturated heterocycles. The molecular formula is C17H13FN2O2. The smallest absolute Gasteiger partial charge is 0.257 e. The molecule has 0 aliphatic carbocycles. The zero-order chi connectivity index (χ0) is 15.7. The first-order valence-electron chi connectivity index (χ1n) is 6.70. The Hall–Kier alpha value is -2.95. The molecule has 0 radical (unpaired) electrons. The Morgan fingerprint density at radius 2 is 2.00 bits per heavy atom. The summed E-state index contributed by atoms with van der Waals surface area (Å²) in [4.78, 5) is 16.6. The number of benzene rings is 2. The van der Waals surface area contributed by atoms with Crippen LogP contribution >= 0.6 is 0 Å². The average Bonchev–Trinajstić information content (AvgIpc) is 2.46. The van der Waals surface area contributed by atoms with Gasteiger partial charge in [-0.2, -0.15) is 0 Å². The van der Waals surface area contributed by atoms with Crippen LogP contribution < -0.4 is 5.32 Å². The number of anilines is 1. The number of nitrogens with one attached hydrogen (secondary N) is 1. The molecule has 3 aromatic rings. The number of aromatic nitrogens is 1. The predicted octanol–water partition coefficient (Wildman–Crippen LogP) is 3.64.